The first kappa shape index (κ1) is 21.3. The van der Waals surface area contributed by atoms with Crippen molar-refractivity contribution in [2.24, 2.45) is 5.92 Å². The van der Waals surface area contributed by atoms with Crippen LogP contribution in [0.2, 0.25) is 0 Å². The third-order valence-electron chi connectivity index (χ3n) is 5.35. The van der Waals surface area contributed by atoms with E-state index in [1.165, 1.54) is 11.4 Å². The summed E-state index contributed by atoms with van der Waals surface area (Å²) in [5.74, 6) is -0.169. The Balaban J connectivity index is 1.75. The van der Waals surface area contributed by atoms with Gasteiger partial charge in [-0.3, -0.25) is 4.79 Å². The average Bonchev–Trinajstić information content (AvgIpc) is 2.74. The van der Waals surface area contributed by atoms with Crippen molar-refractivity contribution in [3.05, 3.63) is 59.7 Å². The zero-order chi connectivity index (χ0) is 21.0. The summed E-state index contributed by atoms with van der Waals surface area (Å²) in [5.41, 5.74) is 1.86. The minimum absolute atomic E-state index is 0.113. The van der Waals surface area contributed by atoms with Crippen LogP contribution in [0.5, 0.6) is 5.75 Å². The van der Waals surface area contributed by atoms with Gasteiger partial charge < -0.3 is 10.1 Å². The van der Waals surface area contributed by atoms with Crippen molar-refractivity contribution in [3.63, 3.8) is 0 Å². The number of carbonyl (C=O) groups is 1. The van der Waals surface area contributed by atoms with Gasteiger partial charge in [-0.15, -0.1) is 0 Å². The molecular weight excluding hydrogens is 388 g/mol. The van der Waals surface area contributed by atoms with Gasteiger partial charge in [-0.25, -0.2) is 8.42 Å². The number of benzene rings is 2. The van der Waals surface area contributed by atoms with Crippen molar-refractivity contribution >= 4 is 15.9 Å². The molecule has 0 aliphatic carbocycles. The first-order chi connectivity index (χ1) is 13.8. The monoisotopic (exact) mass is 416 g/mol. The molecule has 1 fully saturated rings. The molecule has 0 radical (unpaired) electrons. The minimum atomic E-state index is -3.75. The van der Waals surface area contributed by atoms with Crippen LogP contribution >= 0.6 is 0 Å². The minimum Gasteiger partial charge on any atom is -0.495 e. The van der Waals surface area contributed by atoms with Crippen molar-refractivity contribution in [3.8, 4) is 5.75 Å². The highest BCUT2D eigenvalue weighted by atomic mass is 32.2. The predicted molar refractivity (Wildman–Crippen MR) is 112 cm³/mol. The van der Waals surface area contributed by atoms with Gasteiger partial charge in [0.05, 0.1) is 19.1 Å². The molecule has 0 saturated carbocycles. The molecule has 2 atom stereocenters. The molecule has 1 heterocycles. The summed E-state index contributed by atoms with van der Waals surface area (Å²) in [6.07, 6.45) is 1.31. The van der Waals surface area contributed by atoms with Gasteiger partial charge in [0, 0.05) is 13.1 Å². The Hall–Kier alpha value is -2.38. The van der Waals surface area contributed by atoms with Gasteiger partial charge in [-0.2, -0.15) is 4.31 Å². The molecule has 7 heteroatoms. The van der Waals surface area contributed by atoms with Crippen molar-refractivity contribution in [1.82, 2.24) is 9.62 Å². The van der Waals surface area contributed by atoms with E-state index in [4.69, 9.17) is 4.74 Å². The number of piperidine rings is 1. The normalized spacial score (nSPS) is 18.8. The average molecular weight is 417 g/mol. The molecular formula is C22H28N2O4S. The molecule has 1 saturated heterocycles. The van der Waals surface area contributed by atoms with E-state index in [-0.39, 0.29) is 29.3 Å². The number of rotatable bonds is 6. The van der Waals surface area contributed by atoms with Gasteiger partial charge in [0.25, 0.3) is 0 Å². The van der Waals surface area contributed by atoms with Crippen molar-refractivity contribution in [2.75, 3.05) is 20.2 Å². The van der Waals surface area contributed by atoms with Gasteiger partial charge in [-0.05, 0) is 49.9 Å². The number of ether oxygens (including phenoxy) is 1. The fraction of sp³-hybridized carbons (Fsp3) is 0.409. The molecule has 0 bridgehead atoms. The lowest BCUT2D eigenvalue weighted by Crippen LogP contribution is -2.45. The van der Waals surface area contributed by atoms with Crippen LogP contribution in [-0.2, 0) is 14.8 Å². The lowest BCUT2D eigenvalue weighted by atomic mass is 9.98. The second-order valence-electron chi connectivity index (χ2n) is 7.50. The zero-order valence-electron chi connectivity index (χ0n) is 17.1. The van der Waals surface area contributed by atoms with Crippen LogP contribution in [0.15, 0.2) is 53.4 Å². The number of sulfonamides is 1. The highest BCUT2D eigenvalue weighted by Crippen LogP contribution is 2.30. The fourth-order valence-electron chi connectivity index (χ4n) is 3.66. The molecule has 0 spiro atoms. The Labute approximate surface area is 172 Å². The number of methoxy groups -OCH3 is 1. The molecule has 6 nitrogen and oxygen atoms in total. The molecule has 1 aliphatic rings. The molecule has 29 heavy (non-hydrogen) atoms. The van der Waals surface area contributed by atoms with Crippen LogP contribution in [-0.4, -0.2) is 38.8 Å². The summed E-state index contributed by atoms with van der Waals surface area (Å²) in [7, 11) is -2.29. The quantitative estimate of drug-likeness (QED) is 0.784. The second-order valence-corrected chi connectivity index (χ2v) is 9.40. The van der Waals surface area contributed by atoms with E-state index in [9.17, 15) is 13.2 Å². The lowest BCUT2D eigenvalue weighted by Gasteiger charge is -2.32. The molecule has 1 amide bonds. The smallest absolute Gasteiger partial charge is 0.246 e. The summed E-state index contributed by atoms with van der Waals surface area (Å²) < 4.78 is 33.2. The Morgan fingerprint density at radius 2 is 1.93 bits per heavy atom. The number of hydrogen-bond acceptors (Lipinski definition) is 4. The maximum Gasteiger partial charge on any atom is 0.246 e. The first-order valence-electron chi connectivity index (χ1n) is 9.83. The van der Waals surface area contributed by atoms with E-state index in [0.717, 1.165) is 11.1 Å². The Bertz CT molecular complexity index is 960. The number of carbonyl (C=O) groups excluding carboxylic acids is 1. The molecule has 0 aromatic heterocycles. The third kappa shape index (κ3) is 4.79. The van der Waals surface area contributed by atoms with E-state index in [1.54, 1.807) is 12.1 Å². The summed E-state index contributed by atoms with van der Waals surface area (Å²) in [5, 5.41) is 3.02. The number of amides is 1. The Kier molecular flexibility index (Phi) is 6.59. The van der Waals surface area contributed by atoms with Crippen LogP contribution in [0, 0.1) is 12.8 Å². The van der Waals surface area contributed by atoms with E-state index < -0.39 is 10.0 Å². The molecule has 1 N–H and O–H groups in total. The topological polar surface area (TPSA) is 75.7 Å². The van der Waals surface area contributed by atoms with Crippen LogP contribution in [0.4, 0.5) is 0 Å². The van der Waals surface area contributed by atoms with Crippen molar-refractivity contribution in [2.45, 2.75) is 37.6 Å². The number of aryl methyl sites for hydroxylation is 1. The van der Waals surface area contributed by atoms with Gasteiger partial charge in [0.2, 0.25) is 15.9 Å². The number of nitrogens with one attached hydrogen (secondary N) is 1. The molecule has 1 aliphatic heterocycles. The zero-order valence-corrected chi connectivity index (χ0v) is 17.9. The van der Waals surface area contributed by atoms with Gasteiger partial charge >= 0.3 is 0 Å². The summed E-state index contributed by atoms with van der Waals surface area (Å²) in [6.45, 7) is 4.35. The molecule has 3 rings (SSSR count). The van der Waals surface area contributed by atoms with E-state index >= 15 is 0 Å². The van der Waals surface area contributed by atoms with Gasteiger partial charge in [0.15, 0.2) is 0 Å². The second kappa shape index (κ2) is 8.97. The van der Waals surface area contributed by atoms with E-state index in [0.29, 0.717) is 25.1 Å². The fourth-order valence-corrected chi connectivity index (χ4v) is 5.42. The van der Waals surface area contributed by atoms with E-state index in [1.807, 2.05) is 50.2 Å². The van der Waals surface area contributed by atoms with Crippen LogP contribution in [0.25, 0.3) is 0 Å². The lowest BCUT2D eigenvalue weighted by molar-refractivity contribution is -0.126. The first-order valence-corrected chi connectivity index (χ1v) is 11.3. The molecule has 156 valence electrons. The maximum absolute atomic E-state index is 13.2. The molecule has 2 aromatic carbocycles. The number of nitrogens with zero attached hydrogens (tertiary/aromatic N) is 1. The van der Waals surface area contributed by atoms with Crippen molar-refractivity contribution in [1.29, 1.82) is 0 Å². The van der Waals surface area contributed by atoms with Crippen LogP contribution in [0.1, 0.15) is 36.9 Å². The number of hydrogen-bond donors (Lipinski definition) is 1. The summed E-state index contributed by atoms with van der Waals surface area (Å²) in [6, 6.07) is 14.7. The molecule has 2 aromatic rings. The predicted octanol–water partition coefficient (Wildman–Crippen LogP) is 3.28. The van der Waals surface area contributed by atoms with E-state index in [2.05, 4.69) is 5.32 Å². The molecule has 0 unspecified atom stereocenters. The third-order valence-corrected chi connectivity index (χ3v) is 7.24. The van der Waals surface area contributed by atoms with Crippen molar-refractivity contribution < 1.29 is 17.9 Å². The van der Waals surface area contributed by atoms with Crippen LogP contribution < -0.4 is 10.1 Å². The van der Waals surface area contributed by atoms with Crippen LogP contribution in [0.3, 0.4) is 0 Å². The summed E-state index contributed by atoms with van der Waals surface area (Å²) in [4.78, 5) is 13.0. The maximum atomic E-state index is 13.2. The highest BCUT2D eigenvalue weighted by molar-refractivity contribution is 7.89. The summed E-state index contributed by atoms with van der Waals surface area (Å²) >= 11 is 0. The highest BCUT2D eigenvalue weighted by Gasteiger charge is 2.35. The van der Waals surface area contributed by atoms with Gasteiger partial charge in [-0.1, -0.05) is 36.4 Å². The Morgan fingerprint density at radius 1 is 1.21 bits per heavy atom. The Morgan fingerprint density at radius 3 is 2.62 bits per heavy atom. The standard InChI is InChI=1S/C22H28N2O4S/c1-16-11-12-20(28-3)21(14-16)29(26,27)24-13-7-10-19(15-24)22(25)23-17(2)18-8-5-4-6-9-18/h4-6,8-9,11-12,14,17,19H,7,10,13,15H2,1-3H3,(H,23,25)/t17-,19+/m1/s1. The van der Waals surface area contributed by atoms with Gasteiger partial charge in [0.1, 0.15) is 10.6 Å². The SMILES string of the molecule is COc1ccc(C)cc1S(=O)(=O)N1CCC[C@H](C(=O)N[C@H](C)c2ccccc2)C1. The largest absolute Gasteiger partial charge is 0.495 e.